The van der Waals surface area contributed by atoms with E-state index in [4.69, 9.17) is 4.74 Å². The summed E-state index contributed by atoms with van der Waals surface area (Å²) in [5, 5.41) is 14.4. The quantitative estimate of drug-likeness (QED) is 0.698. The molecule has 3 rings (SSSR count). The van der Waals surface area contributed by atoms with Gasteiger partial charge in [0.05, 0.1) is 18.8 Å². The van der Waals surface area contributed by atoms with Crippen LogP contribution < -0.4 is 10.1 Å². The molecular weight excluding hydrogens is 298 g/mol. The Kier molecular flexibility index (Phi) is 5.14. The van der Waals surface area contributed by atoms with Gasteiger partial charge in [0.1, 0.15) is 11.9 Å². The lowest BCUT2D eigenvalue weighted by Gasteiger charge is -2.27. The first-order valence-electron chi connectivity index (χ1n) is 7.97. The van der Waals surface area contributed by atoms with Crippen molar-refractivity contribution in [1.82, 2.24) is 0 Å². The average Bonchev–Trinajstić information content (AvgIpc) is 2.67. The maximum atomic E-state index is 11.0. The highest BCUT2D eigenvalue weighted by Gasteiger charge is 2.23. The summed E-state index contributed by atoms with van der Waals surface area (Å²) in [6, 6.07) is 27.1. The van der Waals surface area contributed by atoms with Crippen LogP contribution in [0.25, 0.3) is 0 Å². The molecule has 2 N–H and O–H groups in total. The van der Waals surface area contributed by atoms with Crippen LogP contribution in [0.2, 0.25) is 0 Å². The molecule has 0 spiro atoms. The fraction of sp³-hybridized carbons (Fsp3) is 0.143. The van der Waals surface area contributed by atoms with Crippen molar-refractivity contribution in [3.63, 3.8) is 0 Å². The summed E-state index contributed by atoms with van der Waals surface area (Å²) >= 11 is 0. The zero-order chi connectivity index (χ0) is 16.8. The van der Waals surface area contributed by atoms with Gasteiger partial charge in [0.25, 0.3) is 0 Å². The van der Waals surface area contributed by atoms with Crippen molar-refractivity contribution in [2.45, 2.75) is 12.1 Å². The van der Waals surface area contributed by atoms with E-state index >= 15 is 0 Å². The fourth-order valence-corrected chi connectivity index (χ4v) is 2.78. The van der Waals surface area contributed by atoms with Crippen LogP contribution in [-0.2, 0) is 0 Å². The van der Waals surface area contributed by atoms with Gasteiger partial charge >= 0.3 is 0 Å². The number of anilines is 1. The third kappa shape index (κ3) is 3.58. The minimum atomic E-state index is -0.682. The van der Waals surface area contributed by atoms with E-state index in [0.29, 0.717) is 0 Å². The molecule has 3 aromatic carbocycles. The first-order chi connectivity index (χ1) is 11.8. The lowest BCUT2D eigenvalue weighted by atomic mass is 9.95. The molecule has 0 bridgehead atoms. The predicted molar refractivity (Wildman–Crippen MR) is 97.2 cm³/mol. The highest BCUT2D eigenvalue weighted by molar-refractivity contribution is 5.57. The van der Waals surface area contributed by atoms with Gasteiger partial charge in [-0.15, -0.1) is 0 Å². The van der Waals surface area contributed by atoms with Gasteiger partial charge in [-0.05, 0) is 23.3 Å². The Morgan fingerprint density at radius 2 is 1.29 bits per heavy atom. The van der Waals surface area contributed by atoms with E-state index in [0.717, 1.165) is 22.6 Å². The van der Waals surface area contributed by atoms with Gasteiger partial charge in [-0.3, -0.25) is 0 Å². The molecule has 0 aliphatic heterocycles. The third-order valence-corrected chi connectivity index (χ3v) is 4.03. The van der Waals surface area contributed by atoms with E-state index < -0.39 is 6.10 Å². The molecule has 0 fully saturated rings. The number of nitrogens with one attached hydrogen (secondary N) is 1. The number of aliphatic hydroxyl groups excluding tert-OH is 1. The molecule has 0 saturated heterocycles. The molecule has 2 atom stereocenters. The fourth-order valence-electron chi connectivity index (χ4n) is 2.78. The summed E-state index contributed by atoms with van der Waals surface area (Å²) in [5.41, 5.74) is 2.73. The summed E-state index contributed by atoms with van der Waals surface area (Å²) in [4.78, 5) is 0. The van der Waals surface area contributed by atoms with Gasteiger partial charge in [-0.1, -0.05) is 72.8 Å². The molecule has 0 heterocycles. The van der Waals surface area contributed by atoms with Gasteiger partial charge in [0.2, 0.25) is 0 Å². The molecule has 122 valence electrons. The molecule has 3 aromatic rings. The Morgan fingerprint density at radius 3 is 1.92 bits per heavy atom. The topological polar surface area (TPSA) is 41.5 Å². The molecule has 0 saturated carbocycles. The smallest absolute Gasteiger partial charge is 0.141 e. The number of hydrogen-bond donors (Lipinski definition) is 2. The maximum Gasteiger partial charge on any atom is 0.141 e. The summed E-state index contributed by atoms with van der Waals surface area (Å²) in [5.74, 6) is 0.749. The van der Waals surface area contributed by atoms with Crippen LogP contribution in [0, 0.1) is 0 Å². The zero-order valence-electron chi connectivity index (χ0n) is 13.6. The Morgan fingerprint density at radius 1 is 0.750 bits per heavy atom. The molecule has 24 heavy (non-hydrogen) atoms. The predicted octanol–water partition coefficient (Wildman–Crippen LogP) is 4.58. The van der Waals surface area contributed by atoms with Crippen LogP contribution in [-0.4, -0.2) is 12.2 Å². The van der Waals surface area contributed by atoms with Gasteiger partial charge in [0, 0.05) is 0 Å². The molecule has 0 aliphatic rings. The number of methoxy groups -OCH3 is 1. The molecule has 0 radical (unpaired) electrons. The maximum absolute atomic E-state index is 11.0. The standard InChI is InChI=1S/C21H21NO2/c1-24-19-15-9-8-14-18(19)22-20(16-10-4-2-5-11-16)21(23)17-12-6-3-7-13-17/h2-15,20-23H,1H3/t20-,21-/m1/s1. The number of hydrogen-bond acceptors (Lipinski definition) is 3. The first kappa shape index (κ1) is 16.1. The first-order valence-corrected chi connectivity index (χ1v) is 7.97. The van der Waals surface area contributed by atoms with E-state index in [-0.39, 0.29) is 6.04 Å². The molecule has 0 unspecified atom stereocenters. The van der Waals surface area contributed by atoms with Crippen LogP contribution in [0.4, 0.5) is 5.69 Å². The second-order valence-electron chi connectivity index (χ2n) is 5.59. The van der Waals surface area contributed by atoms with Crippen molar-refractivity contribution in [3.05, 3.63) is 96.1 Å². The third-order valence-electron chi connectivity index (χ3n) is 4.03. The highest BCUT2D eigenvalue weighted by atomic mass is 16.5. The van der Waals surface area contributed by atoms with Crippen LogP contribution in [0.15, 0.2) is 84.9 Å². The molecule has 0 aliphatic carbocycles. The SMILES string of the molecule is COc1ccccc1N[C@H](c1ccccc1)[C@H](O)c1ccccc1. The monoisotopic (exact) mass is 319 g/mol. The Bertz CT molecular complexity index is 759. The highest BCUT2D eigenvalue weighted by Crippen LogP contribution is 2.35. The minimum Gasteiger partial charge on any atom is -0.495 e. The van der Waals surface area contributed by atoms with E-state index in [1.165, 1.54) is 0 Å². The normalized spacial score (nSPS) is 13.1. The van der Waals surface area contributed by atoms with Crippen molar-refractivity contribution in [2.75, 3.05) is 12.4 Å². The lowest BCUT2D eigenvalue weighted by Crippen LogP contribution is -2.19. The number of ether oxygens (including phenoxy) is 1. The van der Waals surface area contributed by atoms with Crippen molar-refractivity contribution < 1.29 is 9.84 Å². The zero-order valence-corrected chi connectivity index (χ0v) is 13.6. The van der Waals surface area contributed by atoms with Gasteiger partial charge in [-0.2, -0.15) is 0 Å². The molecule has 0 amide bonds. The second-order valence-corrected chi connectivity index (χ2v) is 5.59. The van der Waals surface area contributed by atoms with E-state index in [2.05, 4.69) is 5.32 Å². The van der Waals surface area contributed by atoms with E-state index in [1.54, 1.807) is 7.11 Å². The van der Waals surface area contributed by atoms with Crippen LogP contribution in [0.3, 0.4) is 0 Å². The van der Waals surface area contributed by atoms with E-state index in [1.807, 2.05) is 84.9 Å². The lowest BCUT2D eigenvalue weighted by molar-refractivity contribution is 0.155. The van der Waals surface area contributed by atoms with Gasteiger partial charge in [0.15, 0.2) is 0 Å². The number of benzene rings is 3. The Labute approximate surface area is 142 Å². The van der Waals surface area contributed by atoms with E-state index in [9.17, 15) is 5.11 Å². The number of para-hydroxylation sites is 2. The van der Waals surface area contributed by atoms with Crippen molar-refractivity contribution in [1.29, 1.82) is 0 Å². The largest absolute Gasteiger partial charge is 0.495 e. The molecular formula is C21H21NO2. The number of aliphatic hydroxyl groups is 1. The average molecular weight is 319 g/mol. The van der Waals surface area contributed by atoms with Crippen LogP contribution >= 0.6 is 0 Å². The van der Waals surface area contributed by atoms with Crippen molar-refractivity contribution in [3.8, 4) is 5.75 Å². The van der Waals surface area contributed by atoms with Crippen LogP contribution in [0.5, 0.6) is 5.75 Å². The molecule has 3 nitrogen and oxygen atoms in total. The number of rotatable bonds is 6. The molecule has 3 heteroatoms. The Hall–Kier alpha value is -2.78. The van der Waals surface area contributed by atoms with Gasteiger partial charge < -0.3 is 15.2 Å². The Balaban J connectivity index is 1.97. The van der Waals surface area contributed by atoms with Crippen LogP contribution in [0.1, 0.15) is 23.3 Å². The van der Waals surface area contributed by atoms with Crippen molar-refractivity contribution >= 4 is 5.69 Å². The summed E-state index contributed by atoms with van der Waals surface area (Å²) < 4.78 is 5.42. The van der Waals surface area contributed by atoms with Gasteiger partial charge in [-0.25, -0.2) is 0 Å². The second kappa shape index (κ2) is 7.66. The summed E-state index contributed by atoms with van der Waals surface area (Å²) in [7, 11) is 1.64. The summed E-state index contributed by atoms with van der Waals surface area (Å²) in [6.45, 7) is 0. The van der Waals surface area contributed by atoms with Crippen molar-refractivity contribution in [2.24, 2.45) is 0 Å². The summed E-state index contributed by atoms with van der Waals surface area (Å²) in [6.07, 6.45) is -0.682. The minimum absolute atomic E-state index is 0.287. The molecule has 0 aromatic heterocycles.